The standard InChI is InChI=1S/C14H20F3N3/c1-19(2)13-11(10-20-8-4-3-5-9-20)6-7-12(18-13)14(15,16)17/h6-7H,3-5,8-10H2,1-2H3. The first-order valence-corrected chi connectivity index (χ1v) is 6.85. The van der Waals surface area contributed by atoms with E-state index in [4.69, 9.17) is 0 Å². The second-order valence-electron chi connectivity index (χ2n) is 5.41. The Kier molecular flexibility index (Phi) is 4.52. The summed E-state index contributed by atoms with van der Waals surface area (Å²) in [4.78, 5) is 7.71. The van der Waals surface area contributed by atoms with Crippen molar-refractivity contribution in [3.05, 3.63) is 23.4 Å². The van der Waals surface area contributed by atoms with Gasteiger partial charge in [-0.3, -0.25) is 4.90 Å². The average molecular weight is 287 g/mol. The third-order valence-corrected chi connectivity index (χ3v) is 3.51. The van der Waals surface area contributed by atoms with Gasteiger partial charge >= 0.3 is 6.18 Å². The molecule has 2 rings (SSSR count). The van der Waals surface area contributed by atoms with Crippen molar-refractivity contribution in [2.24, 2.45) is 0 Å². The normalized spacial score (nSPS) is 17.2. The number of hydrogen-bond donors (Lipinski definition) is 0. The monoisotopic (exact) mass is 287 g/mol. The van der Waals surface area contributed by atoms with Gasteiger partial charge in [0.25, 0.3) is 0 Å². The number of likely N-dealkylation sites (tertiary alicyclic amines) is 1. The summed E-state index contributed by atoms with van der Waals surface area (Å²) in [6.45, 7) is 2.68. The van der Waals surface area contributed by atoms with Crippen LogP contribution in [0.25, 0.3) is 0 Å². The fourth-order valence-electron chi connectivity index (χ4n) is 2.50. The number of piperidine rings is 1. The van der Waals surface area contributed by atoms with Crippen molar-refractivity contribution >= 4 is 5.82 Å². The Balaban J connectivity index is 2.23. The van der Waals surface area contributed by atoms with Gasteiger partial charge in [-0.15, -0.1) is 0 Å². The predicted molar refractivity (Wildman–Crippen MR) is 72.7 cm³/mol. The molecule has 0 saturated carbocycles. The summed E-state index contributed by atoms with van der Waals surface area (Å²) in [7, 11) is 3.45. The molecular weight excluding hydrogens is 267 g/mol. The molecule has 3 nitrogen and oxygen atoms in total. The van der Waals surface area contributed by atoms with Crippen LogP contribution in [0.2, 0.25) is 0 Å². The number of halogens is 3. The fourth-order valence-corrected chi connectivity index (χ4v) is 2.50. The average Bonchev–Trinajstić information content (AvgIpc) is 2.38. The van der Waals surface area contributed by atoms with Crippen LogP contribution in [0.1, 0.15) is 30.5 Å². The number of hydrogen-bond acceptors (Lipinski definition) is 3. The first-order valence-electron chi connectivity index (χ1n) is 6.85. The van der Waals surface area contributed by atoms with Crippen LogP contribution in [0.5, 0.6) is 0 Å². The van der Waals surface area contributed by atoms with Gasteiger partial charge in [-0.2, -0.15) is 13.2 Å². The maximum absolute atomic E-state index is 12.7. The molecule has 6 heteroatoms. The first-order chi connectivity index (χ1) is 9.38. The molecule has 0 aromatic carbocycles. The van der Waals surface area contributed by atoms with E-state index in [-0.39, 0.29) is 0 Å². The molecular formula is C14H20F3N3. The molecule has 1 aliphatic rings. The van der Waals surface area contributed by atoms with Gasteiger partial charge in [0.15, 0.2) is 0 Å². The predicted octanol–water partition coefficient (Wildman–Crippen LogP) is 3.15. The number of anilines is 1. The zero-order valence-corrected chi connectivity index (χ0v) is 11.9. The smallest absolute Gasteiger partial charge is 0.362 e. The molecule has 1 fully saturated rings. The number of nitrogens with zero attached hydrogens (tertiary/aromatic N) is 3. The summed E-state index contributed by atoms with van der Waals surface area (Å²) < 4.78 is 38.2. The molecule has 0 unspecified atom stereocenters. The Labute approximate surface area is 117 Å². The largest absolute Gasteiger partial charge is 0.433 e. The van der Waals surface area contributed by atoms with Crippen molar-refractivity contribution in [3.63, 3.8) is 0 Å². The lowest BCUT2D eigenvalue weighted by molar-refractivity contribution is -0.141. The highest BCUT2D eigenvalue weighted by Crippen LogP contribution is 2.30. The molecule has 1 saturated heterocycles. The second kappa shape index (κ2) is 5.99. The van der Waals surface area contributed by atoms with E-state index in [0.717, 1.165) is 37.6 Å². The fraction of sp³-hybridized carbons (Fsp3) is 0.643. The Morgan fingerprint density at radius 3 is 2.35 bits per heavy atom. The van der Waals surface area contributed by atoms with Crippen LogP contribution in [0.4, 0.5) is 19.0 Å². The zero-order chi connectivity index (χ0) is 14.8. The van der Waals surface area contributed by atoms with E-state index in [1.54, 1.807) is 25.1 Å². The molecule has 2 heterocycles. The minimum Gasteiger partial charge on any atom is -0.362 e. The van der Waals surface area contributed by atoms with Gasteiger partial charge in [0.1, 0.15) is 11.5 Å². The van der Waals surface area contributed by atoms with Crippen molar-refractivity contribution in [1.29, 1.82) is 0 Å². The van der Waals surface area contributed by atoms with Crippen molar-refractivity contribution in [1.82, 2.24) is 9.88 Å². The third-order valence-electron chi connectivity index (χ3n) is 3.51. The Bertz CT molecular complexity index is 451. The van der Waals surface area contributed by atoms with E-state index in [9.17, 15) is 13.2 Å². The number of aromatic nitrogens is 1. The van der Waals surface area contributed by atoms with Gasteiger partial charge in [-0.25, -0.2) is 4.98 Å². The zero-order valence-electron chi connectivity index (χ0n) is 11.9. The summed E-state index contributed by atoms with van der Waals surface area (Å²) in [5.41, 5.74) is 0.0218. The van der Waals surface area contributed by atoms with Crippen molar-refractivity contribution in [2.45, 2.75) is 32.0 Å². The van der Waals surface area contributed by atoms with E-state index < -0.39 is 11.9 Å². The number of alkyl halides is 3. The molecule has 0 radical (unpaired) electrons. The molecule has 112 valence electrons. The van der Waals surface area contributed by atoms with Crippen molar-refractivity contribution in [3.8, 4) is 0 Å². The lowest BCUT2D eigenvalue weighted by atomic mass is 10.1. The van der Waals surface area contributed by atoms with E-state index in [2.05, 4.69) is 9.88 Å². The van der Waals surface area contributed by atoms with Gasteiger partial charge < -0.3 is 4.90 Å². The molecule has 0 aliphatic carbocycles. The quantitative estimate of drug-likeness (QED) is 0.851. The highest BCUT2D eigenvalue weighted by molar-refractivity contribution is 5.46. The molecule has 1 aromatic rings. The summed E-state index contributed by atoms with van der Waals surface area (Å²) in [6, 6.07) is 2.63. The summed E-state index contributed by atoms with van der Waals surface area (Å²) in [5, 5.41) is 0. The summed E-state index contributed by atoms with van der Waals surface area (Å²) in [5.74, 6) is 0.408. The molecule has 0 spiro atoms. The third kappa shape index (κ3) is 3.62. The van der Waals surface area contributed by atoms with Crippen LogP contribution < -0.4 is 4.90 Å². The van der Waals surface area contributed by atoms with Crippen LogP contribution in [-0.2, 0) is 12.7 Å². The van der Waals surface area contributed by atoms with Gasteiger partial charge in [0.05, 0.1) is 0 Å². The maximum atomic E-state index is 12.7. The lowest BCUT2D eigenvalue weighted by Crippen LogP contribution is -2.30. The molecule has 1 aliphatic heterocycles. The van der Waals surface area contributed by atoms with Gasteiger partial charge in [0.2, 0.25) is 0 Å². The van der Waals surface area contributed by atoms with E-state index >= 15 is 0 Å². The Hall–Kier alpha value is -1.30. The van der Waals surface area contributed by atoms with Gasteiger partial charge in [0, 0.05) is 26.2 Å². The molecule has 20 heavy (non-hydrogen) atoms. The maximum Gasteiger partial charge on any atom is 0.433 e. The minimum atomic E-state index is -4.39. The molecule has 0 N–H and O–H groups in total. The number of rotatable bonds is 3. The van der Waals surface area contributed by atoms with Crippen LogP contribution in [0.3, 0.4) is 0 Å². The van der Waals surface area contributed by atoms with Gasteiger partial charge in [-0.1, -0.05) is 12.5 Å². The van der Waals surface area contributed by atoms with Crippen molar-refractivity contribution in [2.75, 3.05) is 32.1 Å². The first kappa shape index (κ1) is 15.1. The highest BCUT2D eigenvalue weighted by Gasteiger charge is 2.33. The Morgan fingerprint density at radius 1 is 1.15 bits per heavy atom. The van der Waals surface area contributed by atoms with E-state index in [1.165, 1.54) is 6.42 Å². The molecule has 0 amide bonds. The van der Waals surface area contributed by atoms with E-state index in [0.29, 0.717) is 12.4 Å². The van der Waals surface area contributed by atoms with Crippen molar-refractivity contribution < 1.29 is 13.2 Å². The summed E-state index contributed by atoms with van der Waals surface area (Å²) in [6.07, 6.45) is -0.840. The highest BCUT2D eigenvalue weighted by atomic mass is 19.4. The van der Waals surface area contributed by atoms with Crippen LogP contribution >= 0.6 is 0 Å². The van der Waals surface area contributed by atoms with Gasteiger partial charge in [-0.05, 0) is 32.0 Å². The Morgan fingerprint density at radius 2 is 1.80 bits per heavy atom. The van der Waals surface area contributed by atoms with Crippen LogP contribution in [-0.4, -0.2) is 37.1 Å². The molecule has 0 bridgehead atoms. The molecule has 0 atom stereocenters. The van der Waals surface area contributed by atoms with Crippen LogP contribution in [0, 0.1) is 0 Å². The topological polar surface area (TPSA) is 19.4 Å². The lowest BCUT2D eigenvalue weighted by Gasteiger charge is -2.28. The second-order valence-corrected chi connectivity index (χ2v) is 5.41. The number of pyridine rings is 1. The minimum absolute atomic E-state index is 0.408. The van der Waals surface area contributed by atoms with E-state index in [1.807, 2.05) is 0 Å². The summed E-state index contributed by atoms with van der Waals surface area (Å²) >= 11 is 0. The van der Waals surface area contributed by atoms with Crippen LogP contribution in [0.15, 0.2) is 12.1 Å². The molecule has 1 aromatic heterocycles. The SMILES string of the molecule is CN(C)c1nc(C(F)(F)F)ccc1CN1CCCCC1.